The molecule has 4 unspecified atom stereocenters. The van der Waals surface area contributed by atoms with Gasteiger partial charge in [0, 0.05) is 29.1 Å². The van der Waals surface area contributed by atoms with Gasteiger partial charge in [0.05, 0.1) is 12.7 Å². The minimum Gasteiger partial charge on any atom is -0.378 e. The molecule has 0 aliphatic carbocycles. The maximum Gasteiger partial charge on any atom is 0.0551 e. The summed E-state index contributed by atoms with van der Waals surface area (Å²) in [5, 5.41) is 0.111. The van der Waals surface area contributed by atoms with Crippen molar-refractivity contribution in [1.82, 2.24) is 4.98 Å². The van der Waals surface area contributed by atoms with Crippen LogP contribution < -0.4 is 0 Å². The number of alkyl halides is 1. The summed E-state index contributed by atoms with van der Waals surface area (Å²) in [6.07, 6.45) is 3.23. The first-order chi connectivity index (χ1) is 7.68. The van der Waals surface area contributed by atoms with Crippen LogP contribution >= 0.6 is 11.6 Å². The van der Waals surface area contributed by atoms with E-state index < -0.39 is 0 Å². The highest BCUT2D eigenvalue weighted by Gasteiger charge is 2.32. The van der Waals surface area contributed by atoms with E-state index in [1.165, 1.54) is 0 Å². The van der Waals surface area contributed by atoms with Crippen LogP contribution in [0.15, 0.2) is 24.4 Å². The van der Waals surface area contributed by atoms with Gasteiger partial charge in [0.2, 0.25) is 0 Å². The summed E-state index contributed by atoms with van der Waals surface area (Å²) >= 11 is 6.52. The van der Waals surface area contributed by atoms with Gasteiger partial charge in [-0.2, -0.15) is 0 Å². The SMILES string of the molecule is CC1CC(C(Cl)C(C)c2ccccn2)CO1. The Bertz CT molecular complexity index is 330. The third kappa shape index (κ3) is 2.55. The van der Waals surface area contributed by atoms with Gasteiger partial charge in [-0.15, -0.1) is 11.6 Å². The van der Waals surface area contributed by atoms with Crippen molar-refractivity contribution in [2.75, 3.05) is 6.61 Å². The maximum absolute atomic E-state index is 6.52. The molecule has 1 aromatic rings. The van der Waals surface area contributed by atoms with Crippen LogP contribution in [0.3, 0.4) is 0 Å². The Morgan fingerprint density at radius 3 is 2.88 bits per heavy atom. The number of aromatic nitrogens is 1. The number of nitrogens with zero attached hydrogens (tertiary/aromatic N) is 1. The minimum atomic E-state index is 0.111. The Morgan fingerprint density at radius 1 is 1.50 bits per heavy atom. The largest absolute Gasteiger partial charge is 0.378 e. The van der Waals surface area contributed by atoms with Crippen molar-refractivity contribution in [2.24, 2.45) is 5.92 Å². The molecule has 1 saturated heterocycles. The van der Waals surface area contributed by atoms with Crippen molar-refractivity contribution in [1.29, 1.82) is 0 Å². The lowest BCUT2D eigenvalue weighted by Crippen LogP contribution is -2.22. The van der Waals surface area contributed by atoms with E-state index in [2.05, 4.69) is 18.8 Å². The number of hydrogen-bond acceptors (Lipinski definition) is 2. The summed E-state index contributed by atoms with van der Waals surface area (Å²) < 4.78 is 5.57. The number of ether oxygens (including phenoxy) is 1. The fourth-order valence-electron chi connectivity index (χ4n) is 2.29. The van der Waals surface area contributed by atoms with Gasteiger partial charge in [0.25, 0.3) is 0 Å². The fourth-order valence-corrected chi connectivity index (χ4v) is 2.59. The maximum atomic E-state index is 6.52. The molecule has 0 saturated carbocycles. The van der Waals surface area contributed by atoms with E-state index in [0.29, 0.717) is 12.0 Å². The molecule has 1 aromatic heterocycles. The standard InChI is InChI=1S/C13H18ClNO/c1-9-7-11(8-16-9)13(14)10(2)12-5-3-4-6-15-12/h3-6,9-11,13H,7-8H2,1-2H3. The molecule has 0 bridgehead atoms. The lowest BCUT2D eigenvalue weighted by atomic mass is 9.91. The second-order valence-electron chi connectivity index (χ2n) is 4.63. The summed E-state index contributed by atoms with van der Waals surface area (Å²) in [6, 6.07) is 5.98. The van der Waals surface area contributed by atoms with E-state index in [0.717, 1.165) is 18.7 Å². The summed E-state index contributed by atoms with van der Waals surface area (Å²) in [5.41, 5.74) is 1.07. The predicted molar refractivity (Wildman–Crippen MR) is 65.8 cm³/mol. The zero-order chi connectivity index (χ0) is 11.5. The zero-order valence-electron chi connectivity index (χ0n) is 9.77. The molecule has 0 spiro atoms. The first-order valence-corrected chi connectivity index (χ1v) is 6.28. The second kappa shape index (κ2) is 5.15. The van der Waals surface area contributed by atoms with Crippen LogP contribution in [0.4, 0.5) is 0 Å². The van der Waals surface area contributed by atoms with E-state index in [1.807, 2.05) is 24.4 Å². The molecule has 0 N–H and O–H groups in total. The molecular weight excluding hydrogens is 222 g/mol. The summed E-state index contributed by atoms with van der Waals surface area (Å²) in [7, 11) is 0. The average molecular weight is 240 g/mol. The van der Waals surface area contributed by atoms with Crippen molar-refractivity contribution in [2.45, 2.75) is 37.7 Å². The normalized spacial score (nSPS) is 28.9. The lowest BCUT2D eigenvalue weighted by molar-refractivity contribution is 0.119. The first kappa shape index (κ1) is 11.9. The summed E-state index contributed by atoms with van der Waals surface area (Å²) in [5.74, 6) is 0.732. The Hall–Kier alpha value is -0.600. The predicted octanol–water partition coefficient (Wildman–Crippen LogP) is 3.22. The molecule has 2 nitrogen and oxygen atoms in total. The average Bonchev–Trinajstić information content (AvgIpc) is 2.75. The van der Waals surface area contributed by atoms with E-state index in [4.69, 9.17) is 16.3 Å². The summed E-state index contributed by atoms with van der Waals surface area (Å²) in [4.78, 5) is 4.36. The van der Waals surface area contributed by atoms with Crippen LogP contribution in [0.1, 0.15) is 31.9 Å². The molecule has 3 heteroatoms. The van der Waals surface area contributed by atoms with Gasteiger partial charge in [-0.3, -0.25) is 4.98 Å². The molecular formula is C13H18ClNO. The van der Waals surface area contributed by atoms with Crippen LogP contribution in [-0.4, -0.2) is 23.1 Å². The summed E-state index contributed by atoms with van der Waals surface area (Å²) in [6.45, 7) is 5.03. The van der Waals surface area contributed by atoms with Crippen LogP contribution in [-0.2, 0) is 4.74 Å². The zero-order valence-corrected chi connectivity index (χ0v) is 10.5. The van der Waals surface area contributed by atoms with E-state index in [-0.39, 0.29) is 11.3 Å². The Balaban J connectivity index is 2.02. The van der Waals surface area contributed by atoms with E-state index in [9.17, 15) is 0 Å². The molecule has 0 radical (unpaired) electrons. The van der Waals surface area contributed by atoms with Crippen LogP contribution in [0.5, 0.6) is 0 Å². The third-order valence-electron chi connectivity index (χ3n) is 3.31. The highest BCUT2D eigenvalue weighted by atomic mass is 35.5. The Labute approximate surface area is 102 Å². The molecule has 16 heavy (non-hydrogen) atoms. The quantitative estimate of drug-likeness (QED) is 0.756. The highest BCUT2D eigenvalue weighted by Crippen LogP contribution is 2.33. The molecule has 1 fully saturated rings. The van der Waals surface area contributed by atoms with Crippen molar-refractivity contribution in [3.63, 3.8) is 0 Å². The van der Waals surface area contributed by atoms with Crippen molar-refractivity contribution in [3.8, 4) is 0 Å². The lowest BCUT2D eigenvalue weighted by Gasteiger charge is -2.22. The van der Waals surface area contributed by atoms with Gasteiger partial charge in [0.1, 0.15) is 0 Å². The van der Waals surface area contributed by atoms with Crippen molar-refractivity contribution in [3.05, 3.63) is 30.1 Å². The molecule has 1 aliphatic rings. The highest BCUT2D eigenvalue weighted by molar-refractivity contribution is 6.21. The molecule has 4 atom stereocenters. The van der Waals surface area contributed by atoms with Gasteiger partial charge in [-0.05, 0) is 25.5 Å². The van der Waals surface area contributed by atoms with Crippen LogP contribution in [0, 0.1) is 5.92 Å². The topological polar surface area (TPSA) is 22.1 Å². The first-order valence-electron chi connectivity index (χ1n) is 5.85. The Morgan fingerprint density at radius 2 is 2.31 bits per heavy atom. The molecule has 0 amide bonds. The molecule has 2 rings (SSSR count). The van der Waals surface area contributed by atoms with Gasteiger partial charge < -0.3 is 4.74 Å². The third-order valence-corrected chi connectivity index (χ3v) is 4.05. The van der Waals surface area contributed by atoms with E-state index >= 15 is 0 Å². The molecule has 1 aliphatic heterocycles. The Kier molecular flexibility index (Phi) is 3.82. The smallest absolute Gasteiger partial charge is 0.0551 e. The van der Waals surface area contributed by atoms with Gasteiger partial charge in [-0.25, -0.2) is 0 Å². The molecule has 2 heterocycles. The monoisotopic (exact) mass is 239 g/mol. The fraction of sp³-hybridized carbons (Fsp3) is 0.615. The number of hydrogen-bond donors (Lipinski definition) is 0. The van der Waals surface area contributed by atoms with Crippen molar-refractivity contribution >= 4 is 11.6 Å². The van der Waals surface area contributed by atoms with Gasteiger partial charge in [0.15, 0.2) is 0 Å². The van der Waals surface area contributed by atoms with Crippen LogP contribution in [0.25, 0.3) is 0 Å². The van der Waals surface area contributed by atoms with Gasteiger partial charge >= 0.3 is 0 Å². The number of rotatable bonds is 3. The van der Waals surface area contributed by atoms with Crippen LogP contribution in [0.2, 0.25) is 0 Å². The number of halogens is 1. The molecule has 0 aromatic carbocycles. The van der Waals surface area contributed by atoms with Gasteiger partial charge in [-0.1, -0.05) is 13.0 Å². The minimum absolute atomic E-state index is 0.111. The van der Waals surface area contributed by atoms with E-state index in [1.54, 1.807) is 0 Å². The molecule has 88 valence electrons. The second-order valence-corrected chi connectivity index (χ2v) is 5.13. The number of pyridine rings is 1. The van der Waals surface area contributed by atoms with Crippen molar-refractivity contribution < 1.29 is 4.74 Å².